The lowest BCUT2D eigenvalue weighted by atomic mass is 9.98. The molecule has 3 heterocycles. The molecule has 0 saturated carbocycles. The van der Waals surface area contributed by atoms with Gasteiger partial charge in [0.1, 0.15) is 0 Å². The molecular weight excluding hydrogens is 326 g/mol. The number of thiazole rings is 1. The molecule has 6 heteroatoms. The van der Waals surface area contributed by atoms with Crippen LogP contribution in [-0.4, -0.2) is 30.5 Å². The molecule has 1 saturated heterocycles. The van der Waals surface area contributed by atoms with Crippen LogP contribution in [0.1, 0.15) is 29.7 Å². The highest BCUT2D eigenvalue weighted by Crippen LogP contribution is 2.24. The van der Waals surface area contributed by atoms with Crippen LogP contribution in [-0.2, 0) is 11.2 Å². The smallest absolute Gasteiger partial charge is 0.220 e. The summed E-state index contributed by atoms with van der Waals surface area (Å²) in [4.78, 5) is 20.1. The van der Waals surface area contributed by atoms with E-state index in [0.29, 0.717) is 12.3 Å². The number of carbonyl (C=O) groups excluding carboxylic acids is 1. The van der Waals surface area contributed by atoms with Crippen molar-refractivity contribution in [3.63, 3.8) is 0 Å². The molecule has 4 nitrogen and oxygen atoms in total. The van der Waals surface area contributed by atoms with Crippen molar-refractivity contribution >= 4 is 33.7 Å². The van der Waals surface area contributed by atoms with E-state index in [0.717, 1.165) is 31.2 Å². The van der Waals surface area contributed by atoms with E-state index in [1.165, 1.54) is 23.3 Å². The van der Waals surface area contributed by atoms with Crippen LogP contribution >= 0.6 is 22.7 Å². The zero-order chi connectivity index (χ0) is 16.1. The first-order valence-electron chi connectivity index (χ1n) is 8.16. The first-order valence-corrected chi connectivity index (χ1v) is 9.92. The number of hydrogen-bond donors (Lipinski definition) is 1. The van der Waals surface area contributed by atoms with Gasteiger partial charge in [-0.15, -0.1) is 22.7 Å². The van der Waals surface area contributed by atoms with Crippen molar-refractivity contribution in [3.05, 3.63) is 33.5 Å². The Morgan fingerprint density at radius 1 is 1.43 bits per heavy atom. The first-order chi connectivity index (χ1) is 11.2. The molecular formula is C17H23N3OS2. The Kier molecular flexibility index (Phi) is 5.67. The van der Waals surface area contributed by atoms with Gasteiger partial charge in [0.15, 0.2) is 5.13 Å². The average molecular weight is 350 g/mol. The second-order valence-corrected chi connectivity index (χ2v) is 7.97. The molecule has 1 unspecified atom stereocenters. The van der Waals surface area contributed by atoms with Crippen molar-refractivity contribution in [3.8, 4) is 0 Å². The van der Waals surface area contributed by atoms with E-state index in [1.807, 2.05) is 11.6 Å². The Morgan fingerprint density at radius 3 is 3.09 bits per heavy atom. The maximum atomic E-state index is 12.1. The first kappa shape index (κ1) is 16.5. The van der Waals surface area contributed by atoms with Gasteiger partial charge in [0.25, 0.3) is 0 Å². The Balaban J connectivity index is 1.41. The lowest BCUT2D eigenvalue weighted by molar-refractivity contribution is -0.121. The van der Waals surface area contributed by atoms with E-state index in [1.54, 1.807) is 22.7 Å². The highest BCUT2D eigenvalue weighted by atomic mass is 32.1. The molecule has 1 aliphatic heterocycles. The van der Waals surface area contributed by atoms with Gasteiger partial charge in [0, 0.05) is 42.5 Å². The SMILES string of the molecule is Cc1ccsc1CCC(=O)NCC1CCCN(c2nccs2)C1. The van der Waals surface area contributed by atoms with Gasteiger partial charge in [-0.3, -0.25) is 4.79 Å². The van der Waals surface area contributed by atoms with E-state index in [9.17, 15) is 4.79 Å². The van der Waals surface area contributed by atoms with Crippen LogP contribution in [0.25, 0.3) is 0 Å². The average Bonchev–Trinajstić information content (AvgIpc) is 3.23. The minimum atomic E-state index is 0.171. The molecule has 0 radical (unpaired) electrons. The number of hydrogen-bond acceptors (Lipinski definition) is 5. The van der Waals surface area contributed by atoms with Crippen molar-refractivity contribution in [1.82, 2.24) is 10.3 Å². The number of thiophene rings is 1. The zero-order valence-electron chi connectivity index (χ0n) is 13.5. The maximum absolute atomic E-state index is 12.1. The van der Waals surface area contributed by atoms with Gasteiger partial charge in [-0.1, -0.05) is 0 Å². The van der Waals surface area contributed by atoms with Crippen molar-refractivity contribution in [2.75, 3.05) is 24.5 Å². The summed E-state index contributed by atoms with van der Waals surface area (Å²) in [7, 11) is 0. The van der Waals surface area contributed by atoms with E-state index in [2.05, 4.69) is 33.6 Å². The third kappa shape index (κ3) is 4.54. The largest absolute Gasteiger partial charge is 0.356 e. The van der Waals surface area contributed by atoms with Gasteiger partial charge in [0.05, 0.1) is 0 Å². The second kappa shape index (κ2) is 7.93. The van der Waals surface area contributed by atoms with Gasteiger partial charge < -0.3 is 10.2 Å². The van der Waals surface area contributed by atoms with Crippen LogP contribution in [0.15, 0.2) is 23.0 Å². The fourth-order valence-electron chi connectivity index (χ4n) is 3.01. The molecule has 23 heavy (non-hydrogen) atoms. The predicted molar refractivity (Wildman–Crippen MR) is 97.4 cm³/mol. The lowest BCUT2D eigenvalue weighted by Gasteiger charge is -2.32. The molecule has 0 aromatic carbocycles. The number of nitrogens with zero attached hydrogens (tertiary/aromatic N) is 2. The summed E-state index contributed by atoms with van der Waals surface area (Å²) in [5.41, 5.74) is 1.30. The Hall–Kier alpha value is -1.40. The number of rotatable bonds is 6. The van der Waals surface area contributed by atoms with Crippen LogP contribution in [0, 0.1) is 12.8 Å². The van der Waals surface area contributed by atoms with E-state index >= 15 is 0 Å². The number of anilines is 1. The summed E-state index contributed by atoms with van der Waals surface area (Å²) in [5, 5.41) is 8.34. The van der Waals surface area contributed by atoms with Gasteiger partial charge in [-0.2, -0.15) is 0 Å². The minimum absolute atomic E-state index is 0.171. The highest BCUT2D eigenvalue weighted by molar-refractivity contribution is 7.13. The van der Waals surface area contributed by atoms with Crippen molar-refractivity contribution in [2.45, 2.75) is 32.6 Å². The maximum Gasteiger partial charge on any atom is 0.220 e. The molecule has 3 rings (SSSR count). The van der Waals surface area contributed by atoms with Gasteiger partial charge in [-0.25, -0.2) is 4.98 Å². The minimum Gasteiger partial charge on any atom is -0.356 e. The summed E-state index contributed by atoms with van der Waals surface area (Å²) in [6.45, 7) is 4.97. The summed E-state index contributed by atoms with van der Waals surface area (Å²) in [5.74, 6) is 0.698. The fraction of sp³-hybridized carbons (Fsp3) is 0.529. The van der Waals surface area contributed by atoms with Crippen molar-refractivity contribution < 1.29 is 4.79 Å². The summed E-state index contributed by atoms with van der Waals surface area (Å²) in [6, 6.07) is 2.12. The number of carbonyl (C=O) groups is 1. The molecule has 1 aliphatic rings. The van der Waals surface area contributed by atoms with Gasteiger partial charge >= 0.3 is 0 Å². The lowest BCUT2D eigenvalue weighted by Crippen LogP contribution is -2.41. The zero-order valence-corrected chi connectivity index (χ0v) is 15.1. The fourth-order valence-corrected chi connectivity index (χ4v) is 4.60. The van der Waals surface area contributed by atoms with E-state index < -0.39 is 0 Å². The van der Waals surface area contributed by atoms with Crippen LogP contribution < -0.4 is 10.2 Å². The molecule has 0 aliphatic carbocycles. The predicted octanol–water partition coefficient (Wildman–Crippen LogP) is 3.48. The van der Waals surface area contributed by atoms with Gasteiger partial charge in [-0.05, 0) is 49.1 Å². The third-order valence-electron chi connectivity index (χ3n) is 4.34. The number of nitrogens with one attached hydrogen (secondary N) is 1. The Morgan fingerprint density at radius 2 is 2.35 bits per heavy atom. The molecule has 1 atom stereocenters. The van der Waals surface area contributed by atoms with Crippen LogP contribution in [0.3, 0.4) is 0 Å². The monoisotopic (exact) mass is 349 g/mol. The normalized spacial score (nSPS) is 18.1. The van der Waals surface area contributed by atoms with Gasteiger partial charge in [0.2, 0.25) is 5.91 Å². The Labute approximate surface area is 145 Å². The van der Waals surface area contributed by atoms with Crippen LogP contribution in [0.5, 0.6) is 0 Å². The molecule has 1 N–H and O–H groups in total. The standard InChI is InChI=1S/C17H23N3OS2/c1-13-6-9-22-15(13)4-5-16(21)19-11-14-3-2-8-20(12-14)17-18-7-10-23-17/h6-7,9-10,14H,2-5,8,11-12H2,1H3,(H,19,21). The van der Waals surface area contributed by atoms with Crippen molar-refractivity contribution in [1.29, 1.82) is 0 Å². The van der Waals surface area contributed by atoms with Crippen molar-refractivity contribution in [2.24, 2.45) is 5.92 Å². The molecule has 0 bridgehead atoms. The molecule has 0 spiro atoms. The summed E-state index contributed by atoms with van der Waals surface area (Å²) >= 11 is 3.44. The summed E-state index contributed by atoms with van der Waals surface area (Å²) in [6.07, 6.45) is 5.66. The molecule has 124 valence electrons. The molecule has 1 fully saturated rings. The number of piperidine rings is 1. The molecule has 2 aromatic heterocycles. The third-order valence-corrected chi connectivity index (χ3v) is 6.26. The number of aryl methyl sites for hydroxylation is 2. The Bertz CT molecular complexity index is 624. The number of amides is 1. The quantitative estimate of drug-likeness (QED) is 0.868. The topological polar surface area (TPSA) is 45.2 Å². The van der Waals surface area contributed by atoms with Crippen LogP contribution in [0.2, 0.25) is 0 Å². The number of aromatic nitrogens is 1. The molecule has 2 aromatic rings. The summed E-state index contributed by atoms with van der Waals surface area (Å²) < 4.78 is 0. The van der Waals surface area contributed by atoms with E-state index in [-0.39, 0.29) is 5.91 Å². The van der Waals surface area contributed by atoms with Crippen LogP contribution in [0.4, 0.5) is 5.13 Å². The highest BCUT2D eigenvalue weighted by Gasteiger charge is 2.21. The molecule has 1 amide bonds. The second-order valence-electron chi connectivity index (χ2n) is 6.10. The van der Waals surface area contributed by atoms with E-state index in [4.69, 9.17) is 0 Å².